The molecule has 1 N–H and O–H groups in total. The van der Waals surface area contributed by atoms with Gasteiger partial charge in [-0.05, 0) is 29.5 Å². The van der Waals surface area contributed by atoms with Gasteiger partial charge in [-0.1, -0.05) is 30.3 Å². The molecule has 7 heteroatoms. The number of H-pyrrole nitrogens is 1. The van der Waals surface area contributed by atoms with Crippen LogP contribution in [0.3, 0.4) is 0 Å². The highest BCUT2D eigenvalue weighted by Crippen LogP contribution is 2.37. The average Bonchev–Trinajstić information content (AvgIpc) is 3.22. The molecule has 3 aromatic rings. The van der Waals surface area contributed by atoms with Crippen LogP contribution in [0, 0.1) is 5.92 Å². The number of carbonyl (C=O) groups excluding carboxylic acids is 1. The average molecular weight is 404 g/mol. The summed E-state index contributed by atoms with van der Waals surface area (Å²) in [7, 11) is 1.37. The van der Waals surface area contributed by atoms with Crippen LogP contribution in [-0.4, -0.2) is 45.8 Å². The molecule has 5 rings (SSSR count). The van der Waals surface area contributed by atoms with E-state index in [0.29, 0.717) is 24.1 Å². The van der Waals surface area contributed by atoms with Crippen molar-refractivity contribution in [3.05, 3.63) is 76.0 Å². The standard InChI is InChI=1S/C23H24N4O3/c1-30-23(29)22-19(10-24-25-22)14-26-11-15-7-18(13-26)20-8-17(9-21(28)27(20)12-15)16-5-3-2-4-6-16/h2-6,8-10,15,18H,7,11-14H2,1H3,(H,24,25)/t15-,18+/m0/s1. The summed E-state index contributed by atoms with van der Waals surface area (Å²) in [6.45, 7) is 3.12. The van der Waals surface area contributed by atoms with Gasteiger partial charge in [0.25, 0.3) is 5.56 Å². The molecule has 30 heavy (non-hydrogen) atoms. The number of nitrogens with one attached hydrogen (secondary N) is 1. The minimum Gasteiger partial charge on any atom is -0.464 e. The number of pyridine rings is 1. The lowest BCUT2D eigenvalue weighted by molar-refractivity contribution is 0.0589. The van der Waals surface area contributed by atoms with Gasteiger partial charge in [-0.25, -0.2) is 4.79 Å². The van der Waals surface area contributed by atoms with Gasteiger partial charge in [0.2, 0.25) is 0 Å². The Balaban J connectivity index is 1.43. The van der Waals surface area contributed by atoms with E-state index in [1.165, 1.54) is 7.11 Å². The summed E-state index contributed by atoms with van der Waals surface area (Å²) in [5.74, 6) is 0.316. The fourth-order valence-corrected chi connectivity index (χ4v) is 4.94. The summed E-state index contributed by atoms with van der Waals surface area (Å²) >= 11 is 0. The Labute approximate surface area is 174 Å². The zero-order valence-electron chi connectivity index (χ0n) is 16.9. The number of hydrogen-bond donors (Lipinski definition) is 1. The molecule has 4 heterocycles. The number of ether oxygens (including phenoxy) is 1. The maximum Gasteiger partial charge on any atom is 0.356 e. The number of aromatic nitrogens is 3. The van der Waals surface area contributed by atoms with Gasteiger partial charge in [-0.15, -0.1) is 0 Å². The number of piperidine rings is 1. The van der Waals surface area contributed by atoms with Gasteiger partial charge in [0.05, 0.1) is 13.3 Å². The third-order valence-corrected chi connectivity index (χ3v) is 6.24. The van der Waals surface area contributed by atoms with Gasteiger partial charge in [-0.2, -0.15) is 5.10 Å². The fourth-order valence-electron chi connectivity index (χ4n) is 4.94. The Morgan fingerprint density at radius 3 is 2.80 bits per heavy atom. The third-order valence-electron chi connectivity index (χ3n) is 6.24. The molecule has 1 fully saturated rings. The Hall–Kier alpha value is -3.19. The molecule has 2 bridgehead atoms. The molecule has 2 aliphatic rings. The topological polar surface area (TPSA) is 80.2 Å². The second-order valence-corrected chi connectivity index (χ2v) is 8.24. The van der Waals surface area contributed by atoms with Crippen LogP contribution >= 0.6 is 0 Å². The van der Waals surface area contributed by atoms with Crippen molar-refractivity contribution in [3.8, 4) is 11.1 Å². The highest BCUT2D eigenvalue weighted by molar-refractivity contribution is 5.88. The van der Waals surface area contributed by atoms with Crippen LogP contribution < -0.4 is 5.56 Å². The van der Waals surface area contributed by atoms with E-state index in [4.69, 9.17) is 4.74 Å². The number of hydrogen-bond acceptors (Lipinski definition) is 5. The molecular formula is C23H24N4O3. The summed E-state index contributed by atoms with van der Waals surface area (Å²) in [6.07, 6.45) is 2.78. The number of methoxy groups -OCH3 is 1. The van der Waals surface area contributed by atoms with Gasteiger partial charge >= 0.3 is 5.97 Å². The second kappa shape index (κ2) is 7.57. The van der Waals surface area contributed by atoms with Gasteiger partial charge in [0.1, 0.15) is 5.69 Å². The molecule has 2 aliphatic heterocycles. The molecule has 154 valence electrons. The van der Waals surface area contributed by atoms with Crippen molar-refractivity contribution in [2.24, 2.45) is 5.92 Å². The molecule has 0 aliphatic carbocycles. The van der Waals surface area contributed by atoms with Crippen LogP contribution in [0.2, 0.25) is 0 Å². The minimum absolute atomic E-state index is 0.0808. The monoisotopic (exact) mass is 404 g/mol. The summed E-state index contributed by atoms with van der Waals surface area (Å²) in [5.41, 5.74) is 4.49. The molecule has 0 unspecified atom stereocenters. The summed E-state index contributed by atoms with van der Waals surface area (Å²) < 4.78 is 6.81. The van der Waals surface area contributed by atoms with E-state index in [-0.39, 0.29) is 5.56 Å². The molecule has 7 nitrogen and oxygen atoms in total. The first-order chi connectivity index (χ1) is 14.6. The lowest BCUT2D eigenvalue weighted by Gasteiger charge is -2.43. The number of fused-ring (bicyclic) bond motifs is 4. The van der Waals surface area contributed by atoms with Crippen LogP contribution in [0.15, 0.2) is 53.5 Å². The molecule has 0 amide bonds. The quantitative estimate of drug-likeness (QED) is 0.676. The van der Waals surface area contributed by atoms with Crippen molar-refractivity contribution < 1.29 is 9.53 Å². The highest BCUT2D eigenvalue weighted by atomic mass is 16.5. The van der Waals surface area contributed by atoms with Crippen LogP contribution in [0.25, 0.3) is 11.1 Å². The molecule has 1 aromatic carbocycles. The number of esters is 1. The molecule has 1 saturated heterocycles. The van der Waals surface area contributed by atoms with Crippen molar-refractivity contribution in [2.45, 2.75) is 25.4 Å². The van der Waals surface area contributed by atoms with Crippen molar-refractivity contribution in [1.82, 2.24) is 19.7 Å². The fraction of sp³-hybridized carbons (Fsp3) is 0.348. The molecule has 0 radical (unpaired) electrons. The lowest BCUT2D eigenvalue weighted by atomic mass is 9.82. The summed E-state index contributed by atoms with van der Waals surface area (Å²) in [6, 6.07) is 14.0. The Morgan fingerprint density at radius 1 is 1.17 bits per heavy atom. The van der Waals surface area contributed by atoms with Gasteiger partial charge in [0.15, 0.2) is 0 Å². The Kier molecular flexibility index (Phi) is 4.75. The van der Waals surface area contributed by atoms with Crippen LogP contribution in [-0.2, 0) is 17.8 Å². The molecular weight excluding hydrogens is 380 g/mol. The van der Waals surface area contributed by atoms with E-state index in [1.54, 1.807) is 12.3 Å². The maximum atomic E-state index is 12.9. The SMILES string of the molecule is COC(=O)c1[nH]ncc1CN1C[C@@H]2C[C@H](C1)c1cc(-c3ccccc3)cc(=O)n1C2. The van der Waals surface area contributed by atoms with Crippen molar-refractivity contribution in [3.63, 3.8) is 0 Å². The lowest BCUT2D eigenvalue weighted by Crippen LogP contribution is -2.46. The van der Waals surface area contributed by atoms with E-state index in [1.807, 2.05) is 34.9 Å². The normalized spacial score (nSPS) is 20.6. The predicted octanol–water partition coefficient (Wildman–Crippen LogP) is 2.64. The first kappa shape index (κ1) is 18.8. The second-order valence-electron chi connectivity index (χ2n) is 8.24. The zero-order chi connectivity index (χ0) is 20.7. The molecule has 2 atom stereocenters. The third kappa shape index (κ3) is 3.35. The summed E-state index contributed by atoms with van der Waals surface area (Å²) in [4.78, 5) is 27.2. The van der Waals surface area contributed by atoms with Gasteiger partial charge in [-0.3, -0.25) is 14.8 Å². The first-order valence-electron chi connectivity index (χ1n) is 10.3. The van der Waals surface area contributed by atoms with Crippen LogP contribution in [0.1, 0.15) is 34.1 Å². The van der Waals surface area contributed by atoms with E-state index in [2.05, 4.69) is 21.2 Å². The van der Waals surface area contributed by atoms with Crippen molar-refractivity contribution >= 4 is 5.97 Å². The van der Waals surface area contributed by atoms with E-state index < -0.39 is 5.97 Å². The molecule has 0 spiro atoms. The van der Waals surface area contributed by atoms with Gasteiger partial charge in [0, 0.05) is 49.4 Å². The first-order valence-corrected chi connectivity index (χ1v) is 10.3. The zero-order valence-corrected chi connectivity index (χ0v) is 16.9. The van der Waals surface area contributed by atoms with E-state index in [9.17, 15) is 9.59 Å². The number of benzene rings is 1. The Bertz CT molecular complexity index is 1130. The van der Waals surface area contributed by atoms with Gasteiger partial charge < -0.3 is 9.30 Å². The molecule has 2 aromatic heterocycles. The van der Waals surface area contributed by atoms with Crippen molar-refractivity contribution in [1.29, 1.82) is 0 Å². The van der Waals surface area contributed by atoms with Crippen LogP contribution in [0.5, 0.6) is 0 Å². The number of likely N-dealkylation sites (tertiary alicyclic amines) is 1. The highest BCUT2D eigenvalue weighted by Gasteiger charge is 2.35. The number of aromatic amines is 1. The Morgan fingerprint density at radius 2 is 2.00 bits per heavy atom. The largest absolute Gasteiger partial charge is 0.464 e. The maximum absolute atomic E-state index is 12.9. The number of rotatable bonds is 4. The van der Waals surface area contributed by atoms with E-state index in [0.717, 1.165) is 48.4 Å². The smallest absolute Gasteiger partial charge is 0.356 e. The van der Waals surface area contributed by atoms with E-state index >= 15 is 0 Å². The van der Waals surface area contributed by atoms with Crippen molar-refractivity contribution in [2.75, 3.05) is 20.2 Å². The minimum atomic E-state index is -0.399. The number of carbonyl (C=O) groups is 1. The number of nitrogens with zero attached hydrogens (tertiary/aromatic N) is 3. The van der Waals surface area contributed by atoms with Crippen LogP contribution in [0.4, 0.5) is 0 Å². The summed E-state index contributed by atoms with van der Waals surface area (Å²) in [5, 5.41) is 6.77. The predicted molar refractivity (Wildman–Crippen MR) is 112 cm³/mol. The molecule has 0 saturated carbocycles.